The van der Waals surface area contributed by atoms with Crippen LogP contribution in [0, 0.1) is 0 Å². The Kier molecular flexibility index (Phi) is 9.03. The van der Waals surface area contributed by atoms with Gasteiger partial charge in [0.25, 0.3) is 0 Å². The van der Waals surface area contributed by atoms with Crippen molar-refractivity contribution in [2.45, 2.75) is 37.3 Å². The van der Waals surface area contributed by atoms with Crippen LogP contribution in [-0.2, 0) is 19.1 Å². The second-order valence-electron chi connectivity index (χ2n) is 8.47. The van der Waals surface area contributed by atoms with Crippen LogP contribution in [0.5, 0.6) is 0 Å². The van der Waals surface area contributed by atoms with Crippen molar-refractivity contribution in [1.82, 2.24) is 10.6 Å². The van der Waals surface area contributed by atoms with Crippen LogP contribution in [0.15, 0.2) is 53.5 Å². The Balaban J connectivity index is 1.67. The van der Waals surface area contributed by atoms with Crippen LogP contribution in [0.2, 0.25) is 0 Å². The van der Waals surface area contributed by atoms with Crippen LogP contribution in [0.3, 0.4) is 0 Å². The maximum atomic E-state index is 12.8. The van der Waals surface area contributed by atoms with E-state index < -0.39 is 42.4 Å². The molecule has 0 saturated carbocycles. The van der Waals surface area contributed by atoms with Crippen LogP contribution in [-0.4, -0.2) is 65.3 Å². The van der Waals surface area contributed by atoms with Crippen LogP contribution in [0.4, 0.5) is 4.79 Å². The van der Waals surface area contributed by atoms with Gasteiger partial charge in [0, 0.05) is 12.5 Å². The number of nitrogens with one attached hydrogen (secondary N) is 2. The second-order valence-corrected chi connectivity index (χ2v) is 8.47. The fraction of sp³-hybridized carbons (Fsp3) is 0.320. The number of aliphatic imine (C=N–C) groups is 1. The number of carboxylic acids is 2. The molecule has 0 aromatic heterocycles. The zero-order valence-corrected chi connectivity index (χ0v) is 19.9. The first kappa shape index (κ1) is 27.0. The topological polar surface area (TPSA) is 206 Å². The van der Waals surface area contributed by atoms with Gasteiger partial charge in [-0.25, -0.2) is 9.59 Å². The van der Waals surface area contributed by atoms with Gasteiger partial charge in [-0.1, -0.05) is 48.5 Å². The number of aliphatic carboxylic acids is 2. The maximum Gasteiger partial charge on any atom is 0.407 e. The van der Waals surface area contributed by atoms with Crippen molar-refractivity contribution in [1.29, 1.82) is 0 Å². The molecule has 0 bridgehead atoms. The molecule has 3 rings (SSSR count). The van der Waals surface area contributed by atoms with Gasteiger partial charge in [-0.15, -0.1) is 0 Å². The van der Waals surface area contributed by atoms with Gasteiger partial charge < -0.3 is 37.1 Å². The number of hydrogen-bond donors (Lipinski definition) is 6. The molecule has 2 aromatic carbocycles. The number of carboxylic acid groups (broad SMARTS) is 2. The minimum atomic E-state index is -1.67. The number of guanidine groups is 1. The molecule has 1 aliphatic carbocycles. The summed E-state index contributed by atoms with van der Waals surface area (Å²) < 4.78 is 5.47. The zero-order chi connectivity index (χ0) is 26.9. The molecule has 37 heavy (non-hydrogen) atoms. The first-order chi connectivity index (χ1) is 17.7. The molecule has 8 N–H and O–H groups in total. The first-order valence-electron chi connectivity index (χ1n) is 11.6. The summed E-state index contributed by atoms with van der Waals surface area (Å²) in [5, 5.41) is 22.8. The highest BCUT2D eigenvalue weighted by Crippen LogP contribution is 2.44. The Morgan fingerprint density at radius 1 is 0.919 bits per heavy atom. The molecule has 0 fully saturated rings. The number of carbonyl (C=O) groups is 4. The summed E-state index contributed by atoms with van der Waals surface area (Å²) in [5.41, 5.74) is 14.7. The number of nitrogens with two attached hydrogens (primary N) is 2. The molecule has 2 atom stereocenters. The molecule has 0 unspecified atom stereocenters. The number of benzene rings is 2. The lowest BCUT2D eigenvalue weighted by Gasteiger charge is -2.21. The largest absolute Gasteiger partial charge is 0.481 e. The van der Waals surface area contributed by atoms with Gasteiger partial charge in [-0.05, 0) is 35.1 Å². The summed E-state index contributed by atoms with van der Waals surface area (Å²) in [7, 11) is 0. The number of ether oxygens (including phenoxy) is 1. The van der Waals surface area contributed by atoms with Gasteiger partial charge in [0.05, 0.1) is 6.42 Å². The van der Waals surface area contributed by atoms with Crippen molar-refractivity contribution in [2.75, 3.05) is 13.2 Å². The van der Waals surface area contributed by atoms with Gasteiger partial charge in [0.2, 0.25) is 5.91 Å². The predicted octanol–water partition coefficient (Wildman–Crippen LogP) is 0.991. The van der Waals surface area contributed by atoms with Gasteiger partial charge in [0.15, 0.2) is 5.96 Å². The van der Waals surface area contributed by atoms with Crippen LogP contribution in [0.25, 0.3) is 11.1 Å². The molecule has 2 aromatic rings. The average Bonchev–Trinajstić information content (AvgIpc) is 3.17. The van der Waals surface area contributed by atoms with Crippen LogP contribution >= 0.6 is 0 Å². The van der Waals surface area contributed by atoms with Gasteiger partial charge >= 0.3 is 18.0 Å². The Hall–Kier alpha value is -4.61. The highest BCUT2D eigenvalue weighted by molar-refractivity contribution is 5.91. The standard InChI is InChI=1S/C25H29N5O7/c26-24(27)28-11-5-10-19(22(33)29-20(23(34)35)12-21(31)32)30-25(36)37-13-18-16-8-3-1-6-14(16)15-7-2-4-9-17(15)18/h1-4,6-9,18-20H,5,10-13H2,(H,29,33)(H,30,36)(H,31,32)(H,34,35)(H4,26,27,28)/t19-,20-/m0/s1. The Bertz CT molecular complexity index is 1150. The molecule has 12 nitrogen and oxygen atoms in total. The predicted molar refractivity (Wildman–Crippen MR) is 134 cm³/mol. The van der Waals surface area contributed by atoms with Crippen molar-refractivity contribution >= 4 is 29.9 Å². The fourth-order valence-corrected chi connectivity index (χ4v) is 4.20. The summed E-state index contributed by atoms with van der Waals surface area (Å²) in [6.07, 6.45) is -1.39. The molecule has 0 saturated heterocycles. The van der Waals surface area contributed by atoms with E-state index in [0.29, 0.717) is 0 Å². The molecule has 196 valence electrons. The van der Waals surface area contributed by atoms with E-state index in [0.717, 1.165) is 22.3 Å². The smallest absolute Gasteiger partial charge is 0.407 e. The number of amides is 2. The van der Waals surface area contributed by atoms with E-state index in [9.17, 15) is 24.3 Å². The molecule has 2 amide bonds. The molecule has 12 heteroatoms. The lowest BCUT2D eigenvalue weighted by Crippen LogP contribution is -2.52. The van der Waals surface area contributed by atoms with Crippen molar-refractivity contribution in [3.63, 3.8) is 0 Å². The number of nitrogens with zero attached hydrogens (tertiary/aromatic N) is 1. The lowest BCUT2D eigenvalue weighted by atomic mass is 9.98. The van der Waals surface area contributed by atoms with E-state index in [1.165, 1.54) is 0 Å². The zero-order valence-electron chi connectivity index (χ0n) is 19.9. The molecule has 0 radical (unpaired) electrons. The number of hydrogen-bond acceptors (Lipinski definition) is 6. The number of fused-ring (bicyclic) bond motifs is 3. The Labute approximate surface area is 212 Å². The monoisotopic (exact) mass is 511 g/mol. The van der Waals surface area contributed by atoms with E-state index in [2.05, 4.69) is 15.6 Å². The van der Waals surface area contributed by atoms with E-state index in [-0.39, 0.29) is 37.9 Å². The average molecular weight is 512 g/mol. The van der Waals surface area contributed by atoms with Crippen molar-refractivity contribution in [2.24, 2.45) is 16.5 Å². The Morgan fingerprint density at radius 3 is 2.05 bits per heavy atom. The first-order valence-corrected chi connectivity index (χ1v) is 11.6. The van der Waals surface area contributed by atoms with E-state index >= 15 is 0 Å². The van der Waals surface area contributed by atoms with Crippen molar-refractivity contribution in [3.8, 4) is 11.1 Å². The minimum absolute atomic E-state index is 0.0129. The molecule has 0 spiro atoms. The van der Waals surface area contributed by atoms with E-state index in [1.54, 1.807) is 0 Å². The van der Waals surface area contributed by atoms with Crippen molar-refractivity contribution < 1.29 is 34.1 Å². The number of rotatable bonds is 12. The molecule has 0 aliphatic heterocycles. The summed E-state index contributed by atoms with van der Waals surface area (Å²) in [5.74, 6) is -4.12. The molecular weight excluding hydrogens is 482 g/mol. The van der Waals surface area contributed by atoms with Gasteiger partial charge in [-0.2, -0.15) is 0 Å². The lowest BCUT2D eigenvalue weighted by molar-refractivity contribution is -0.147. The van der Waals surface area contributed by atoms with Gasteiger partial charge in [0.1, 0.15) is 18.7 Å². The Morgan fingerprint density at radius 2 is 1.51 bits per heavy atom. The molecule has 1 aliphatic rings. The van der Waals surface area contributed by atoms with Crippen molar-refractivity contribution in [3.05, 3.63) is 59.7 Å². The van der Waals surface area contributed by atoms with E-state index in [1.807, 2.05) is 48.5 Å². The SMILES string of the molecule is NC(N)=NCCC[C@H](NC(=O)OCC1c2ccccc2-c2ccccc21)C(=O)N[C@@H](CC(=O)O)C(=O)O. The maximum absolute atomic E-state index is 12.8. The summed E-state index contributed by atoms with van der Waals surface area (Å²) in [6.45, 7) is 0.176. The number of carbonyl (C=O) groups excluding carboxylic acids is 2. The highest BCUT2D eigenvalue weighted by atomic mass is 16.5. The summed E-state index contributed by atoms with van der Waals surface area (Å²) in [6, 6.07) is 12.7. The fourth-order valence-electron chi connectivity index (χ4n) is 4.20. The third-order valence-corrected chi connectivity index (χ3v) is 5.89. The number of alkyl carbamates (subject to hydrolysis) is 1. The second kappa shape index (κ2) is 12.4. The normalized spacial score (nSPS) is 13.4. The quantitative estimate of drug-likeness (QED) is 0.136. The van der Waals surface area contributed by atoms with Crippen LogP contribution in [0.1, 0.15) is 36.3 Å². The highest BCUT2D eigenvalue weighted by Gasteiger charge is 2.31. The minimum Gasteiger partial charge on any atom is -0.481 e. The molecule has 0 heterocycles. The van der Waals surface area contributed by atoms with Gasteiger partial charge in [-0.3, -0.25) is 14.6 Å². The third kappa shape index (κ3) is 7.19. The van der Waals surface area contributed by atoms with E-state index in [4.69, 9.17) is 21.3 Å². The summed E-state index contributed by atoms with van der Waals surface area (Å²) in [4.78, 5) is 51.6. The third-order valence-electron chi connectivity index (χ3n) is 5.89. The summed E-state index contributed by atoms with van der Waals surface area (Å²) >= 11 is 0. The van der Waals surface area contributed by atoms with Crippen LogP contribution < -0.4 is 22.1 Å². The molecular formula is C25H29N5O7.